The van der Waals surface area contributed by atoms with Crippen molar-refractivity contribution in [3.63, 3.8) is 0 Å². The van der Waals surface area contributed by atoms with Gasteiger partial charge in [-0.1, -0.05) is 6.07 Å². The Morgan fingerprint density at radius 3 is 2.56 bits per heavy atom. The van der Waals surface area contributed by atoms with Crippen molar-refractivity contribution in [3.8, 4) is 5.69 Å². The molecule has 3 atom stereocenters. The van der Waals surface area contributed by atoms with Crippen LogP contribution in [0.2, 0.25) is 0 Å². The van der Waals surface area contributed by atoms with E-state index < -0.39 is 23.5 Å². The molecule has 1 aromatic carbocycles. The summed E-state index contributed by atoms with van der Waals surface area (Å²) in [5.41, 5.74) is -0.679. The monoisotopic (exact) mass is 446 g/mol. The first-order valence-electron chi connectivity index (χ1n) is 10.1. The molecule has 2 aromatic heterocycles. The molecule has 2 bridgehead atoms. The number of halogens is 4. The van der Waals surface area contributed by atoms with E-state index in [1.165, 1.54) is 35.4 Å². The van der Waals surface area contributed by atoms with Gasteiger partial charge in [-0.2, -0.15) is 28.2 Å². The molecule has 1 amide bonds. The zero-order valence-electron chi connectivity index (χ0n) is 16.6. The second-order valence-corrected chi connectivity index (χ2v) is 7.88. The molecule has 4 heterocycles. The van der Waals surface area contributed by atoms with Crippen LogP contribution in [0.3, 0.4) is 0 Å². The molecule has 0 saturated carbocycles. The minimum atomic E-state index is -4.46. The van der Waals surface area contributed by atoms with E-state index >= 15 is 0 Å². The maximum Gasteiger partial charge on any atom is 0.417 e. The molecule has 2 fully saturated rings. The van der Waals surface area contributed by atoms with Crippen molar-refractivity contribution in [1.29, 1.82) is 0 Å². The van der Waals surface area contributed by atoms with Gasteiger partial charge in [-0.15, -0.1) is 0 Å². The number of anilines is 1. The van der Waals surface area contributed by atoms with Crippen molar-refractivity contribution in [2.45, 2.75) is 43.6 Å². The van der Waals surface area contributed by atoms with Gasteiger partial charge in [0.1, 0.15) is 22.9 Å². The number of carbonyl (C=O) groups is 1. The maximum atomic E-state index is 14.8. The second-order valence-electron chi connectivity index (χ2n) is 7.88. The smallest absolute Gasteiger partial charge is 0.365 e. The van der Waals surface area contributed by atoms with Crippen molar-refractivity contribution in [1.82, 2.24) is 24.9 Å². The highest BCUT2D eigenvalue weighted by Crippen LogP contribution is 2.41. The fourth-order valence-electron chi connectivity index (χ4n) is 4.66. The summed E-state index contributed by atoms with van der Waals surface area (Å²) in [5.74, 6) is -0.812. The fourth-order valence-corrected chi connectivity index (χ4v) is 4.66. The van der Waals surface area contributed by atoms with Gasteiger partial charge >= 0.3 is 6.18 Å². The van der Waals surface area contributed by atoms with E-state index in [9.17, 15) is 22.4 Å². The normalized spacial score (nSPS) is 22.4. The number of nitrogens with one attached hydrogen (secondary N) is 1. The standard InChI is InChI=1S/C21H18F4N6O/c22-14-2-1-3-17(31-27-8-9-28-31)19(14)20(32)30-13-5-6-16(30)15(10-13)29-18-7-4-12(11-26-18)21(23,24)25/h1-4,7-9,11,13,15-16H,5-6,10H2,(H,26,29). The Kier molecular flexibility index (Phi) is 4.83. The van der Waals surface area contributed by atoms with Crippen molar-refractivity contribution in [2.75, 3.05) is 5.32 Å². The number of amides is 1. The lowest BCUT2D eigenvalue weighted by Gasteiger charge is -2.26. The molecule has 2 aliphatic rings. The number of nitrogens with zero attached hydrogens (tertiary/aromatic N) is 5. The number of hydrogen-bond acceptors (Lipinski definition) is 5. The number of aromatic nitrogens is 4. The van der Waals surface area contributed by atoms with E-state index in [-0.39, 0.29) is 29.4 Å². The van der Waals surface area contributed by atoms with Gasteiger partial charge in [0.15, 0.2) is 0 Å². The topological polar surface area (TPSA) is 75.9 Å². The Hall–Kier alpha value is -3.50. The largest absolute Gasteiger partial charge is 0.417 e. The third kappa shape index (κ3) is 3.47. The molecule has 1 N–H and O–H groups in total. The molecule has 32 heavy (non-hydrogen) atoms. The Morgan fingerprint density at radius 1 is 1.09 bits per heavy atom. The lowest BCUT2D eigenvalue weighted by atomic mass is 9.95. The van der Waals surface area contributed by atoms with E-state index in [1.54, 1.807) is 11.0 Å². The van der Waals surface area contributed by atoms with Gasteiger partial charge in [0, 0.05) is 18.3 Å². The van der Waals surface area contributed by atoms with Gasteiger partial charge in [-0.3, -0.25) is 4.79 Å². The van der Waals surface area contributed by atoms with Crippen LogP contribution in [0.25, 0.3) is 5.69 Å². The first-order chi connectivity index (χ1) is 15.3. The van der Waals surface area contributed by atoms with E-state index in [0.29, 0.717) is 18.7 Å². The van der Waals surface area contributed by atoms with Crippen LogP contribution in [0.5, 0.6) is 0 Å². The van der Waals surface area contributed by atoms with Gasteiger partial charge in [0.05, 0.1) is 24.0 Å². The third-order valence-corrected chi connectivity index (χ3v) is 6.04. The summed E-state index contributed by atoms with van der Waals surface area (Å²) in [5, 5.41) is 11.2. The summed E-state index contributed by atoms with van der Waals surface area (Å²) in [6.07, 6.45) is 1.29. The lowest BCUT2D eigenvalue weighted by Crippen LogP contribution is -2.40. The Bertz CT molecular complexity index is 1130. The summed E-state index contributed by atoms with van der Waals surface area (Å²) >= 11 is 0. The van der Waals surface area contributed by atoms with Crippen LogP contribution in [0.15, 0.2) is 48.9 Å². The molecule has 2 aliphatic heterocycles. The van der Waals surface area contributed by atoms with Crippen LogP contribution in [0, 0.1) is 5.82 Å². The highest BCUT2D eigenvalue weighted by Gasteiger charge is 2.49. The number of alkyl halides is 3. The molecule has 0 aliphatic carbocycles. The van der Waals surface area contributed by atoms with Crippen LogP contribution < -0.4 is 5.32 Å². The van der Waals surface area contributed by atoms with Crippen LogP contribution in [0.4, 0.5) is 23.4 Å². The predicted molar refractivity (Wildman–Crippen MR) is 106 cm³/mol. The predicted octanol–water partition coefficient (Wildman–Crippen LogP) is 3.68. The second kappa shape index (κ2) is 7.57. The highest BCUT2D eigenvalue weighted by molar-refractivity contribution is 5.99. The Morgan fingerprint density at radius 2 is 1.88 bits per heavy atom. The van der Waals surface area contributed by atoms with Gasteiger partial charge in [0.25, 0.3) is 5.91 Å². The molecule has 0 spiro atoms. The first kappa shape index (κ1) is 20.4. The average Bonchev–Trinajstić information content (AvgIpc) is 3.49. The van der Waals surface area contributed by atoms with E-state index in [0.717, 1.165) is 18.7 Å². The molecule has 166 valence electrons. The fraction of sp³-hybridized carbons (Fsp3) is 0.333. The van der Waals surface area contributed by atoms with Gasteiger partial charge in [-0.05, 0) is 43.5 Å². The molecule has 0 radical (unpaired) electrons. The van der Waals surface area contributed by atoms with Crippen LogP contribution >= 0.6 is 0 Å². The van der Waals surface area contributed by atoms with Crippen LogP contribution in [0.1, 0.15) is 35.2 Å². The lowest BCUT2D eigenvalue weighted by molar-refractivity contribution is -0.137. The average molecular weight is 446 g/mol. The number of hydrogen-bond donors (Lipinski definition) is 1. The van der Waals surface area contributed by atoms with E-state index in [2.05, 4.69) is 20.5 Å². The Labute approximate surface area is 180 Å². The van der Waals surface area contributed by atoms with Crippen molar-refractivity contribution in [3.05, 3.63) is 65.9 Å². The van der Waals surface area contributed by atoms with Gasteiger partial charge < -0.3 is 10.2 Å². The minimum Gasteiger partial charge on any atom is -0.365 e. The minimum absolute atomic E-state index is 0.0996. The van der Waals surface area contributed by atoms with Crippen molar-refractivity contribution >= 4 is 11.7 Å². The van der Waals surface area contributed by atoms with Crippen LogP contribution in [-0.4, -0.2) is 48.9 Å². The first-order valence-corrected chi connectivity index (χ1v) is 10.1. The number of rotatable bonds is 4. The van der Waals surface area contributed by atoms with Gasteiger partial charge in [-0.25, -0.2) is 9.37 Å². The van der Waals surface area contributed by atoms with E-state index in [4.69, 9.17) is 0 Å². The molecule has 2 saturated heterocycles. The maximum absolute atomic E-state index is 14.8. The third-order valence-electron chi connectivity index (χ3n) is 6.04. The molecular formula is C21H18F4N6O. The summed E-state index contributed by atoms with van der Waals surface area (Å²) in [7, 11) is 0. The molecular weight excluding hydrogens is 428 g/mol. The van der Waals surface area contributed by atoms with Crippen molar-refractivity contribution in [2.24, 2.45) is 0 Å². The number of carbonyl (C=O) groups excluding carboxylic acids is 1. The molecule has 3 aromatic rings. The summed E-state index contributed by atoms with van der Waals surface area (Å²) in [6.45, 7) is 0. The van der Waals surface area contributed by atoms with Crippen LogP contribution in [-0.2, 0) is 6.18 Å². The molecule has 7 nitrogen and oxygen atoms in total. The zero-order chi connectivity index (χ0) is 22.5. The molecule has 11 heteroatoms. The summed E-state index contributed by atoms with van der Waals surface area (Å²) in [6, 6.07) is 6.01. The molecule has 5 rings (SSSR count). The summed E-state index contributed by atoms with van der Waals surface area (Å²) < 4.78 is 53.1. The number of benzene rings is 1. The summed E-state index contributed by atoms with van der Waals surface area (Å²) in [4.78, 5) is 20.2. The highest BCUT2D eigenvalue weighted by atomic mass is 19.4. The number of fused-ring (bicyclic) bond motifs is 2. The Balaban J connectivity index is 1.39. The molecule has 3 unspecified atom stereocenters. The quantitative estimate of drug-likeness (QED) is 0.619. The zero-order valence-corrected chi connectivity index (χ0v) is 16.6. The van der Waals surface area contributed by atoms with E-state index in [1.807, 2.05) is 0 Å². The van der Waals surface area contributed by atoms with Gasteiger partial charge in [0.2, 0.25) is 0 Å². The SMILES string of the molecule is O=C(c1c(F)cccc1-n1nccn1)N1C2CCC1C(Nc1ccc(C(F)(F)F)cn1)C2. The number of pyridine rings is 1. The van der Waals surface area contributed by atoms with Crippen molar-refractivity contribution < 1.29 is 22.4 Å².